The van der Waals surface area contributed by atoms with Crippen LogP contribution in [0.3, 0.4) is 0 Å². The van der Waals surface area contributed by atoms with E-state index in [1.807, 2.05) is 30.3 Å². The van der Waals surface area contributed by atoms with Gasteiger partial charge in [-0.25, -0.2) is 0 Å². The SMILES string of the molecule is O=C([O-])C(=CC=Cc1ccccc1)NC(=O)c1ccccc1. The van der Waals surface area contributed by atoms with E-state index in [-0.39, 0.29) is 5.70 Å². The topological polar surface area (TPSA) is 69.2 Å². The molecule has 2 aromatic carbocycles. The predicted molar refractivity (Wildman–Crippen MR) is 82.5 cm³/mol. The predicted octanol–water partition coefficient (Wildman–Crippen LogP) is 1.76. The minimum absolute atomic E-state index is 0.291. The van der Waals surface area contributed by atoms with Crippen LogP contribution in [-0.2, 0) is 4.79 Å². The van der Waals surface area contributed by atoms with Gasteiger partial charge < -0.3 is 15.2 Å². The van der Waals surface area contributed by atoms with Gasteiger partial charge in [0.1, 0.15) is 0 Å². The molecule has 2 aromatic rings. The first-order chi connectivity index (χ1) is 10.7. The van der Waals surface area contributed by atoms with Crippen molar-refractivity contribution >= 4 is 18.0 Å². The Balaban J connectivity index is 2.10. The number of nitrogens with one attached hydrogen (secondary N) is 1. The van der Waals surface area contributed by atoms with Crippen LogP contribution in [-0.4, -0.2) is 11.9 Å². The molecule has 4 nitrogen and oxygen atoms in total. The molecule has 0 atom stereocenters. The van der Waals surface area contributed by atoms with Gasteiger partial charge in [0.25, 0.3) is 5.91 Å². The number of allylic oxidation sites excluding steroid dienone is 2. The summed E-state index contributed by atoms with van der Waals surface area (Å²) in [6, 6.07) is 17.8. The first-order valence-corrected chi connectivity index (χ1v) is 6.68. The highest BCUT2D eigenvalue weighted by Crippen LogP contribution is 2.03. The summed E-state index contributed by atoms with van der Waals surface area (Å²) in [7, 11) is 0. The molecule has 0 bridgehead atoms. The molecule has 0 aliphatic rings. The Labute approximate surface area is 128 Å². The molecular weight excluding hydrogens is 278 g/mol. The summed E-state index contributed by atoms with van der Waals surface area (Å²) in [4.78, 5) is 23.0. The normalized spacial score (nSPS) is 11.4. The highest BCUT2D eigenvalue weighted by atomic mass is 16.4. The minimum atomic E-state index is -1.44. The summed E-state index contributed by atoms with van der Waals surface area (Å²) >= 11 is 0. The number of carbonyl (C=O) groups is 2. The van der Waals surface area contributed by atoms with Crippen molar-refractivity contribution in [2.75, 3.05) is 0 Å². The second-order valence-corrected chi connectivity index (χ2v) is 4.46. The van der Waals surface area contributed by atoms with E-state index in [9.17, 15) is 14.7 Å². The van der Waals surface area contributed by atoms with Crippen molar-refractivity contribution in [3.8, 4) is 0 Å². The van der Waals surface area contributed by atoms with Crippen LogP contribution in [0.15, 0.2) is 78.5 Å². The Bertz CT molecular complexity index is 704. The summed E-state index contributed by atoms with van der Waals surface area (Å²) in [5, 5.41) is 13.4. The second-order valence-electron chi connectivity index (χ2n) is 4.46. The second kappa shape index (κ2) is 7.59. The lowest BCUT2D eigenvalue weighted by Gasteiger charge is -2.10. The summed E-state index contributed by atoms with van der Waals surface area (Å²) in [6.07, 6.45) is 4.58. The quantitative estimate of drug-likeness (QED) is 0.674. The zero-order valence-corrected chi connectivity index (χ0v) is 11.7. The number of aliphatic carboxylic acids is 1. The zero-order chi connectivity index (χ0) is 15.8. The van der Waals surface area contributed by atoms with Gasteiger partial charge in [-0.2, -0.15) is 0 Å². The molecule has 0 spiro atoms. The number of hydrogen-bond donors (Lipinski definition) is 1. The molecule has 0 radical (unpaired) electrons. The van der Waals surface area contributed by atoms with Crippen LogP contribution in [0.1, 0.15) is 15.9 Å². The largest absolute Gasteiger partial charge is 0.543 e. The summed E-state index contributed by atoms with van der Waals surface area (Å²) in [5.74, 6) is -1.94. The van der Waals surface area contributed by atoms with Gasteiger partial charge in [0.15, 0.2) is 0 Å². The van der Waals surface area contributed by atoms with Crippen molar-refractivity contribution in [1.82, 2.24) is 5.32 Å². The molecular formula is C18H14NO3-. The average Bonchev–Trinajstić information content (AvgIpc) is 2.55. The maximum absolute atomic E-state index is 11.9. The molecule has 1 amide bonds. The van der Waals surface area contributed by atoms with Crippen LogP contribution in [0.4, 0.5) is 0 Å². The standard InChI is InChI=1S/C18H15NO3/c20-17(15-11-5-2-6-12-15)19-16(18(21)22)13-7-10-14-8-3-1-4-9-14/h1-13H,(H,19,20)(H,21,22)/p-1. The molecule has 0 heterocycles. The first-order valence-electron chi connectivity index (χ1n) is 6.68. The summed E-state index contributed by atoms with van der Waals surface area (Å²) < 4.78 is 0. The molecule has 0 saturated heterocycles. The van der Waals surface area contributed by atoms with Gasteiger partial charge in [-0.3, -0.25) is 4.79 Å². The summed E-state index contributed by atoms with van der Waals surface area (Å²) in [5.41, 5.74) is 1.01. The van der Waals surface area contributed by atoms with Crippen molar-refractivity contribution in [2.24, 2.45) is 0 Å². The van der Waals surface area contributed by atoms with Crippen molar-refractivity contribution in [2.45, 2.75) is 0 Å². The number of rotatable bonds is 5. The van der Waals surface area contributed by atoms with Crippen LogP contribution < -0.4 is 10.4 Å². The Morgan fingerprint density at radius 3 is 2.09 bits per heavy atom. The molecule has 4 heteroatoms. The molecule has 0 unspecified atom stereocenters. The minimum Gasteiger partial charge on any atom is -0.543 e. The Hall–Kier alpha value is -3.14. The van der Waals surface area contributed by atoms with E-state index >= 15 is 0 Å². The molecule has 0 fully saturated rings. The van der Waals surface area contributed by atoms with Crippen LogP contribution in [0.5, 0.6) is 0 Å². The van der Waals surface area contributed by atoms with Gasteiger partial charge in [-0.1, -0.05) is 60.7 Å². The van der Waals surface area contributed by atoms with Crippen molar-refractivity contribution < 1.29 is 14.7 Å². The van der Waals surface area contributed by atoms with Gasteiger partial charge in [-0.05, 0) is 23.8 Å². The van der Waals surface area contributed by atoms with E-state index in [4.69, 9.17) is 0 Å². The Kier molecular flexibility index (Phi) is 5.26. The van der Waals surface area contributed by atoms with E-state index < -0.39 is 11.9 Å². The molecule has 1 N–H and O–H groups in total. The Morgan fingerprint density at radius 2 is 1.50 bits per heavy atom. The molecule has 0 aliphatic carbocycles. The highest BCUT2D eigenvalue weighted by molar-refractivity contribution is 6.00. The van der Waals surface area contributed by atoms with Crippen LogP contribution >= 0.6 is 0 Å². The van der Waals surface area contributed by atoms with Crippen LogP contribution in [0, 0.1) is 0 Å². The zero-order valence-electron chi connectivity index (χ0n) is 11.7. The van der Waals surface area contributed by atoms with E-state index in [1.54, 1.807) is 42.5 Å². The highest BCUT2D eigenvalue weighted by Gasteiger charge is 2.06. The third kappa shape index (κ3) is 4.45. The Morgan fingerprint density at radius 1 is 0.909 bits per heavy atom. The molecule has 0 aromatic heterocycles. The van der Waals surface area contributed by atoms with Crippen molar-refractivity contribution in [3.63, 3.8) is 0 Å². The average molecular weight is 292 g/mol. The number of carboxylic acids is 1. The maximum atomic E-state index is 11.9. The molecule has 0 aliphatic heterocycles. The number of carbonyl (C=O) groups excluding carboxylic acids is 2. The molecule has 2 rings (SSSR count). The monoisotopic (exact) mass is 292 g/mol. The number of carboxylic acid groups (broad SMARTS) is 1. The van der Waals surface area contributed by atoms with E-state index in [0.29, 0.717) is 5.56 Å². The van der Waals surface area contributed by atoms with Crippen molar-refractivity contribution in [1.29, 1.82) is 0 Å². The lowest BCUT2D eigenvalue weighted by Crippen LogP contribution is -2.35. The third-order valence-electron chi connectivity index (χ3n) is 2.86. The lowest BCUT2D eigenvalue weighted by molar-refractivity contribution is -0.299. The van der Waals surface area contributed by atoms with Gasteiger partial charge >= 0.3 is 0 Å². The molecule has 22 heavy (non-hydrogen) atoms. The van der Waals surface area contributed by atoms with Crippen molar-refractivity contribution in [3.05, 3.63) is 89.6 Å². The van der Waals surface area contributed by atoms with Gasteiger partial charge in [0.2, 0.25) is 0 Å². The lowest BCUT2D eigenvalue weighted by atomic mass is 10.2. The third-order valence-corrected chi connectivity index (χ3v) is 2.86. The van der Waals surface area contributed by atoms with Crippen LogP contribution in [0.25, 0.3) is 6.08 Å². The number of hydrogen-bond acceptors (Lipinski definition) is 3. The molecule has 110 valence electrons. The van der Waals surface area contributed by atoms with Gasteiger partial charge in [0, 0.05) is 5.56 Å². The fourth-order valence-corrected chi connectivity index (χ4v) is 1.76. The van der Waals surface area contributed by atoms with E-state index in [0.717, 1.165) is 5.56 Å². The van der Waals surface area contributed by atoms with Crippen LogP contribution in [0.2, 0.25) is 0 Å². The fourth-order valence-electron chi connectivity index (χ4n) is 1.76. The van der Waals surface area contributed by atoms with Gasteiger partial charge in [0.05, 0.1) is 11.7 Å². The van der Waals surface area contributed by atoms with Gasteiger partial charge in [-0.15, -0.1) is 0 Å². The number of benzene rings is 2. The first kappa shape index (κ1) is 15.3. The summed E-state index contributed by atoms with van der Waals surface area (Å²) in [6.45, 7) is 0. The fraction of sp³-hybridized carbons (Fsp3) is 0. The van der Waals surface area contributed by atoms with E-state index in [2.05, 4.69) is 5.32 Å². The molecule has 0 saturated carbocycles. The van der Waals surface area contributed by atoms with E-state index in [1.165, 1.54) is 6.08 Å². The number of amides is 1. The maximum Gasteiger partial charge on any atom is 0.255 e. The smallest absolute Gasteiger partial charge is 0.255 e.